The molecule has 0 aliphatic heterocycles. The zero-order valence-corrected chi connectivity index (χ0v) is 6.55. The van der Waals surface area contributed by atoms with Crippen LogP contribution in [0.15, 0.2) is 0 Å². The van der Waals surface area contributed by atoms with E-state index in [9.17, 15) is 9.59 Å². The molecule has 0 unspecified atom stereocenters. The molecule has 0 bridgehead atoms. The van der Waals surface area contributed by atoms with Crippen molar-refractivity contribution in [3.63, 3.8) is 0 Å². The molecule has 1 saturated carbocycles. The number of carbonyl (C=O) groups is 2. The summed E-state index contributed by atoms with van der Waals surface area (Å²) in [5.74, 6) is -0.231. The molecule has 2 atom stereocenters. The van der Waals surface area contributed by atoms with Crippen LogP contribution in [-0.4, -0.2) is 11.6 Å². The summed E-state index contributed by atoms with van der Waals surface area (Å²) in [6.07, 6.45) is 0. The Morgan fingerprint density at radius 1 is 0.900 bits per heavy atom. The number of hydrogen-bond donors (Lipinski definition) is 0. The van der Waals surface area contributed by atoms with Crippen LogP contribution in [0, 0.1) is 17.8 Å². The molecule has 0 amide bonds. The Hall–Kier alpha value is -0.660. The van der Waals surface area contributed by atoms with Crippen LogP contribution in [0.4, 0.5) is 0 Å². The minimum absolute atomic E-state index is 0.0532. The largest absolute Gasteiger partial charge is 0.299 e. The molecule has 10 heavy (non-hydrogen) atoms. The highest BCUT2D eigenvalue weighted by atomic mass is 16.2. The number of ketones is 2. The van der Waals surface area contributed by atoms with Crippen molar-refractivity contribution in [2.75, 3.05) is 0 Å². The third-order valence-corrected chi connectivity index (χ3v) is 2.50. The van der Waals surface area contributed by atoms with Crippen molar-refractivity contribution in [1.29, 1.82) is 0 Å². The van der Waals surface area contributed by atoms with Crippen molar-refractivity contribution in [2.45, 2.75) is 20.8 Å². The number of rotatable bonds is 0. The first-order valence-electron chi connectivity index (χ1n) is 3.63. The minimum atomic E-state index is -0.343. The van der Waals surface area contributed by atoms with Crippen molar-refractivity contribution in [1.82, 2.24) is 0 Å². The monoisotopic (exact) mass is 140 g/mol. The third-order valence-electron chi connectivity index (χ3n) is 2.50. The van der Waals surface area contributed by atoms with Gasteiger partial charge >= 0.3 is 0 Å². The van der Waals surface area contributed by atoms with Gasteiger partial charge in [0.2, 0.25) is 0 Å². The fourth-order valence-corrected chi connectivity index (χ4v) is 1.42. The molecular formula is C8H12O2. The molecule has 0 aromatic carbocycles. The van der Waals surface area contributed by atoms with E-state index in [1.807, 2.05) is 13.8 Å². The molecule has 1 aliphatic rings. The lowest BCUT2D eigenvalue weighted by Crippen LogP contribution is -2.11. The normalized spacial score (nSPS) is 35.5. The summed E-state index contributed by atoms with van der Waals surface area (Å²) < 4.78 is 0. The van der Waals surface area contributed by atoms with Crippen LogP contribution in [0.3, 0.4) is 0 Å². The second-order valence-corrected chi connectivity index (χ2v) is 3.10. The molecule has 0 radical (unpaired) electrons. The van der Waals surface area contributed by atoms with E-state index in [0.717, 1.165) is 0 Å². The van der Waals surface area contributed by atoms with Crippen LogP contribution >= 0.6 is 0 Å². The average molecular weight is 140 g/mol. The zero-order valence-electron chi connectivity index (χ0n) is 6.55. The van der Waals surface area contributed by atoms with Crippen molar-refractivity contribution >= 4 is 11.6 Å². The Kier molecular flexibility index (Phi) is 1.63. The van der Waals surface area contributed by atoms with Crippen LogP contribution in [0.1, 0.15) is 20.8 Å². The third kappa shape index (κ3) is 0.789. The van der Waals surface area contributed by atoms with E-state index in [-0.39, 0.29) is 29.3 Å². The minimum Gasteiger partial charge on any atom is -0.299 e. The highest BCUT2D eigenvalue weighted by molar-refractivity contribution is 6.10. The number of Topliss-reactive ketones (excluding diaryl/α,β-unsaturated/α-hetero) is 2. The smallest absolute Gasteiger partial charge is 0.146 e. The number of carbonyl (C=O) groups excluding carboxylic acids is 2. The summed E-state index contributed by atoms with van der Waals surface area (Å²) in [5.41, 5.74) is 0. The fraction of sp³-hybridized carbons (Fsp3) is 0.750. The van der Waals surface area contributed by atoms with E-state index in [0.29, 0.717) is 0 Å². The SMILES string of the molecule is CC1C(=O)[C@@H](C)[C@H](C)C1=O. The van der Waals surface area contributed by atoms with Gasteiger partial charge in [-0.15, -0.1) is 0 Å². The van der Waals surface area contributed by atoms with Gasteiger partial charge in [-0.3, -0.25) is 9.59 Å². The lowest BCUT2D eigenvalue weighted by atomic mass is 10.00. The topological polar surface area (TPSA) is 34.1 Å². The van der Waals surface area contributed by atoms with Crippen molar-refractivity contribution in [3.05, 3.63) is 0 Å². The van der Waals surface area contributed by atoms with Gasteiger partial charge in [0, 0.05) is 11.8 Å². The summed E-state index contributed by atoms with van der Waals surface area (Å²) in [4.78, 5) is 22.2. The van der Waals surface area contributed by atoms with Gasteiger partial charge in [0.25, 0.3) is 0 Å². The van der Waals surface area contributed by atoms with Crippen LogP contribution < -0.4 is 0 Å². The predicted molar refractivity (Wildman–Crippen MR) is 37.5 cm³/mol. The molecule has 0 aromatic rings. The molecule has 1 aliphatic carbocycles. The molecule has 0 saturated heterocycles. The fourth-order valence-electron chi connectivity index (χ4n) is 1.42. The quantitative estimate of drug-likeness (QED) is 0.471. The summed E-state index contributed by atoms with van der Waals surface area (Å²) >= 11 is 0. The summed E-state index contributed by atoms with van der Waals surface area (Å²) in [6.45, 7) is 5.35. The van der Waals surface area contributed by atoms with Gasteiger partial charge in [0.1, 0.15) is 11.6 Å². The molecule has 2 nitrogen and oxygen atoms in total. The van der Waals surface area contributed by atoms with Gasteiger partial charge in [-0.2, -0.15) is 0 Å². The van der Waals surface area contributed by atoms with E-state index < -0.39 is 0 Å². The van der Waals surface area contributed by atoms with Crippen LogP contribution in [0.2, 0.25) is 0 Å². The second kappa shape index (κ2) is 2.19. The van der Waals surface area contributed by atoms with Gasteiger partial charge in [-0.05, 0) is 6.92 Å². The molecule has 0 heterocycles. The average Bonchev–Trinajstić information content (AvgIpc) is 2.07. The van der Waals surface area contributed by atoms with Crippen molar-refractivity contribution in [2.24, 2.45) is 17.8 Å². The molecule has 1 rings (SSSR count). The summed E-state index contributed by atoms with van der Waals surface area (Å²) in [7, 11) is 0. The zero-order chi connectivity index (χ0) is 7.89. The molecule has 0 spiro atoms. The summed E-state index contributed by atoms with van der Waals surface area (Å²) in [6, 6.07) is 0. The Labute approximate surface area is 60.6 Å². The highest BCUT2D eigenvalue weighted by Gasteiger charge is 2.41. The van der Waals surface area contributed by atoms with E-state index in [2.05, 4.69) is 0 Å². The van der Waals surface area contributed by atoms with E-state index in [1.54, 1.807) is 6.92 Å². The molecular weight excluding hydrogens is 128 g/mol. The number of hydrogen-bond acceptors (Lipinski definition) is 2. The standard InChI is InChI=1S/C8H12O2/c1-4-5(2)8(10)6(3)7(4)9/h4-6H,1-3H3/t4-,5-/m0/s1. The predicted octanol–water partition coefficient (Wildman–Crippen LogP) is 1.05. The van der Waals surface area contributed by atoms with Crippen molar-refractivity contribution < 1.29 is 9.59 Å². The molecule has 0 N–H and O–H groups in total. The first-order chi connectivity index (χ1) is 4.55. The maximum atomic E-state index is 11.1. The molecule has 0 aromatic heterocycles. The Balaban J connectivity index is 2.89. The Morgan fingerprint density at radius 2 is 1.20 bits per heavy atom. The van der Waals surface area contributed by atoms with E-state index >= 15 is 0 Å². The maximum Gasteiger partial charge on any atom is 0.146 e. The van der Waals surface area contributed by atoms with Gasteiger partial charge < -0.3 is 0 Å². The van der Waals surface area contributed by atoms with Crippen LogP contribution in [0.5, 0.6) is 0 Å². The maximum absolute atomic E-state index is 11.1. The lowest BCUT2D eigenvalue weighted by Gasteiger charge is -2.02. The Morgan fingerprint density at radius 3 is 1.30 bits per heavy atom. The van der Waals surface area contributed by atoms with E-state index in [1.165, 1.54) is 0 Å². The van der Waals surface area contributed by atoms with Gasteiger partial charge in [0.05, 0.1) is 5.92 Å². The van der Waals surface area contributed by atoms with Crippen LogP contribution in [-0.2, 0) is 9.59 Å². The highest BCUT2D eigenvalue weighted by Crippen LogP contribution is 2.28. The molecule has 56 valence electrons. The first-order valence-corrected chi connectivity index (χ1v) is 3.63. The van der Waals surface area contributed by atoms with Crippen LogP contribution in [0.25, 0.3) is 0 Å². The molecule has 2 heteroatoms. The van der Waals surface area contributed by atoms with Gasteiger partial charge in [0.15, 0.2) is 0 Å². The second-order valence-electron chi connectivity index (χ2n) is 3.10. The molecule has 1 fully saturated rings. The lowest BCUT2D eigenvalue weighted by molar-refractivity contribution is -0.127. The van der Waals surface area contributed by atoms with Gasteiger partial charge in [-0.25, -0.2) is 0 Å². The van der Waals surface area contributed by atoms with E-state index in [4.69, 9.17) is 0 Å². The van der Waals surface area contributed by atoms with Crippen molar-refractivity contribution in [3.8, 4) is 0 Å². The summed E-state index contributed by atoms with van der Waals surface area (Å²) in [5, 5.41) is 0. The first kappa shape index (κ1) is 7.45. The van der Waals surface area contributed by atoms with Gasteiger partial charge in [-0.1, -0.05) is 13.8 Å². The Bertz CT molecular complexity index is 164.